The first-order valence-corrected chi connectivity index (χ1v) is 12.9. The van der Waals surface area contributed by atoms with Crippen molar-refractivity contribution in [3.63, 3.8) is 0 Å². The Hall–Kier alpha value is -3.79. The number of fused-ring (bicyclic) bond motifs is 1. The van der Waals surface area contributed by atoms with E-state index < -0.39 is 18.4 Å². The number of halogens is 2. The molecule has 4 rings (SSSR count). The molecule has 0 fully saturated rings. The van der Waals surface area contributed by atoms with E-state index in [-0.39, 0.29) is 21.8 Å². The maximum absolute atomic E-state index is 13.0. The third kappa shape index (κ3) is 6.74. The Labute approximate surface area is 224 Å². The van der Waals surface area contributed by atoms with Gasteiger partial charge in [-0.05, 0) is 40.8 Å². The van der Waals surface area contributed by atoms with Gasteiger partial charge in [-0.2, -0.15) is 0 Å². The number of hydrogen-bond donors (Lipinski definition) is 1. The van der Waals surface area contributed by atoms with Gasteiger partial charge in [0.25, 0.3) is 12.3 Å². The van der Waals surface area contributed by atoms with Gasteiger partial charge in [-0.3, -0.25) is 10.1 Å². The predicted molar refractivity (Wildman–Crippen MR) is 144 cm³/mol. The van der Waals surface area contributed by atoms with Gasteiger partial charge in [0, 0.05) is 20.1 Å². The lowest BCUT2D eigenvalue weighted by molar-refractivity contribution is 0.0805. The second-order valence-corrected chi connectivity index (χ2v) is 11.3. The van der Waals surface area contributed by atoms with E-state index in [0.29, 0.717) is 24.6 Å². The molecule has 0 aliphatic heterocycles. The highest BCUT2D eigenvalue weighted by Gasteiger charge is 2.23. The van der Waals surface area contributed by atoms with Gasteiger partial charge in [0.05, 0.1) is 20.8 Å². The number of imidazole rings is 1. The number of thiophene rings is 1. The van der Waals surface area contributed by atoms with Gasteiger partial charge in [-0.15, -0.1) is 11.3 Å². The number of rotatable bonds is 8. The number of aryl methyl sites for hydroxylation is 1. The van der Waals surface area contributed by atoms with Crippen LogP contribution in [0.25, 0.3) is 11.0 Å². The molecule has 0 saturated carbocycles. The molecule has 0 unspecified atom stereocenters. The fourth-order valence-corrected chi connectivity index (χ4v) is 4.76. The summed E-state index contributed by atoms with van der Waals surface area (Å²) in [6.45, 7) is 7.16. The van der Waals surface area contributed by atoms with Crippen LogP contribution in [-0.4, -0.2) is 33.0 Å². The van der Waals surface area contributed by atoms with Crippen molar-refractivity contribution >= 4 is 40.3 Å². The third-order valence-corrected chi connectivity index (χ3v) is 6.83. The predicted octanol–water partition coefficient (Wildman–Crippen LogP) is 7.01. The van der Waals surface area contributed by atoms with Crippen molar-refractivity contribution in [2.75, 3.05) is 11.9 Å². The van der Waals surface area contributed by atoms with Crippen LogP contribution in [0.2, 0.25) is 0 Å². The fraction of sp³-hybridized carbons (Fsp3) is 0.321. The first-order valence-electron chi connectivity index (χ1n) is 12.1. The van der Waals surface area contributed by atoms with Gasteiger partial charge in [0.1, 0.15) is 6.61 Å². The third-order valence-electron chi connectivity index (χ3n) is 5.74. The number of alkyl halides is 2. The normalized spacial score (nSPS) is 11.7. The van der Waals surface area contributed by atoms with Crippen LogP contribution < -0.4 is 5.32 Å². The molecule has 1 N–H and O–H groups in total. The Bertz CT molecular complexity index is 1430. The van der Waals surface area contributed by atoms with Crippen LogP contribution in [0, 0.1) is 5.41 Å². The second-order valence-electron chi connectivity index (χ2n) is 10.2. The van der Waals surface area contributed by atoms with Crippen LogP contribution in [0.4, 0.5) is 19.5 Å². The lowest BCUT2D eigenvalue weighted by Gasteiger charge is -2.29. The minimum Gasteiger partial charge on any atom is -0.445 e. The van der Waals surface area contributed by atoms with Crippen molar-refractivity contribution in [1.29, 1.82) is 0 Å². The van der Waals surface area contributed by atoms with E-state index in [1.54, 1.807) is 16.5 Å². The number of amides is 2. The number of anilines is 1. The molecule has 7 nitrogen and oxygen atoms in total. The molecule has 4 aromatic rings. The molecule has 10 heteroatoms. The van der Waals surface area contributed by atoms with Gasteiger partial charge < -0.3 is 14.2 Å². The number of carbonyl (C=O) groups excluding carboxylic acids is 2. The Morgan fingerprint density at radius 3 is 2.47 bits per heavy atom. The number of nitrogens with zero attached hydrogens (tertiary/aromatic N) is 3. The molecule has 0 radical (unpaired) electrons. The van der Waals surface area contributed by atoms with Gasteiger partial charge in [0.2, 0.25) is 5.95 Å². The number of benzene rings is 2. The van der Waals surface area contributed by atoms with Gasteiger partial charge in [0.15, 0.2) is 0 Å². The summed E-state index contributed by atoms with van der Waals surface area (Å²) in [6.07, 6.45) is -3.03. The molecule has 2 heterocycles. The summed E-state index contributed by atoms with van der Waals surface area (Å²) in [5, 5.41) is 2.70. The van der Waals surface area contributed by atoms with Gasteiger partial charge in [-0.25, -0.2) is 18.6 Å². The van der Waals surface area contributed by atoms with E-state index in [4.69, 9.17) is 4.74 Å². The Morgan fingerprint density at radius 2 is 1.82 bits per heavy atom. The first-order chi connectivity index (χ1) is 18.0. The van der Waals surface area contributed by atoms with Crippen LogP contribution in [0.3, 0.4) is 0 Å². The van der Waals surface area contributed by atoms with E-state index in [0.717, 1.165) is 28.0 Å². The lowest BCUT2D eigenvalue weighted by Crippen LogP contribution is -2.37. The average Bonchev–Trinajstić information content (AvgIpc) is 3.47. The number of hydrogen-bond acceptors (Lipinski definition) is 5. The van der Waals surface area contributed by atoms with Crippen LogP contribution in [0.1, 0.15) is 52.9 Å². The van der Waals surface area contributed by atoms with E-state index in [1.165, 1.54) is 12.1 Å². The maximum atomic E-state index is 13.0. The van der Waals surface area contributed by atoms with Crippen molar-refractivity contribution in [3.05, 3.63) is 81.5 Å². The summed E-state index contributed by atoms with van der Waals surface area (Å²) in [5.74, 6) is -0.207. The molecule has 2 amide bonds. The zero-order valence-electron chi connectivity index (χ0n) is 21.7. The molecular formula is C28H30F2N4O3S. The van der Waals surface area contributed by atoms with Gasteiger partial charge >= 0.3 is 6.09 Å². The van der Waals surface area contributed by atoms with E-state index in [1.807, 2.05) is 48.5 Å². The van der Waals surface area contributed by atoms with Crippen LogP contribution in [-0.2, 0) is 24.9 Å². The monoisotopic (exact) mass is 540 g/mol. The zero-order valence-corrected chi connectivity index (χ0v) is 22.5. The molecule has 0 bridgehead atoms. The minimum absolute atomic E-state index is 0.149. The second kappa shape index (κ2) is 11.3. The average molecular weight is 541 g/mol. The van der Waals surface area contributed by atoms with Crippen molar-refractivity contribution in [1.82, 2.24) is 14.5 Å². The van der Waals surface area contributed by atoms with Crippen molar-refractivity contribution in [3.8, 4) is 0 Å². The highest BCUT2D eigenvalue weighted by molar-refractivity contribution is 7.14. The first kappa shape index (κ1) is 27.3. The topological polar surface area (TPSA) is 76.5 Å². The molecule has 2 aromatic carbocycles. The summed E-state index contributed by atoms with van der Waals surface area (Å²) in [4.78, 5) is 31.8. The summed E-state index contributed by atoms with van der Waals surface area (Å²) < 4.78 is 33.1. The van der Waals surface area contributed by atoms with Crippen molar-refractivity contribution in [2.24, 2.45) is 12.5 Å². The minimum atomic E-state index is -2.62. The molecule has 0 aliphatic rings. The van der Waals surface area contributed by atoms with Crippen LogP contribution in [0.5, 0.6) is 0 Å². The maximum Gasteiger partial charge on any atom is 0.410 e. The lowest BCUT2D eigenvalue weighted by atomic mass is 9.96. The zero-order chi connectivity index (χ0) is 27.4. The molecule has 200 valence electrons. The molecule has 0 spiro atoms. The SMILES string of the molecule is Cn1c(NC(=O)c2ccc(C(F)F)s2)nc2cc(CN(CC(C)(C)C)C(=O)OCc3ccccc3)ccc21. The standard InChI is InChI=1S/C28H30F2N4O3S/c1-28(2,3)17-34(27(36)37-16-18-8-6-5-7-9-18)15-19-10-11-21-20(14-19)31-26(33(21)4)32-25(35)23-13-12-22(38-23)24(29)30/h5-14,24H,15-17H2,1-4H3,(H,31,32,35). The van der Waals surface area contributed by atoms with Crippen molar-refractivity contribution in [2.45, 2.75) is 40.3 Å². The van der Waals surface area contributed by atoms with Crippen LogP contribution >= 0.6 is 11.3 Å². The number of aromatic nitrogens is 2. The Morgan fingerprint density at radius 1 is 1.08 bits per heavy atom. The largest absolute Gasteiger partial charge is 0.445 e. The number of ether oxygens (including phenoxy) is 1. The Balaban J connectivity index is 1.50. The number of nitrogens with one attached hydrogen (secondary N) is 1. The summed E-state index contributed by atoms with van der Waals surface area (Å²) >= 11 is 0.751. The molecule has 0 aliphatic carbocycles. The van der Waals surface area contributed by atoms with Crippen LogP contribution in [0.15, 0.2) is 60.7 Å². The van der Waals surface area contributed by atoms with Gasteiger partial charge in [-0.1, -0.05) is 57.2 Å². The number of carbonyl (C=O) groups is 2. The molecule has 0 saturated heterocycles. The molecule has 0 atom stereocenters. The van der Waals surface area contributed by atoms with E-state index in [9.17, 15) is 18.4 Å². The smallest absolute Gasteiger partial charge is 0.410 e. The highest BCUT2D eigenvalue weighted by atomic mass is 32.1. The summed E-state index contributed by atoms with van der Waals surface area (Å²) in [6, 6.07) is 17.8. The quantitative estimate of drug-likeness (QED) is 0.261. The molecular weight excluding hydrogens is 510 g/mol. The van der Waals surface area contributed by atoms with E-state index >= 15 is 0 Å². The summed E-state index contributed by atoms with van der Waals surface area (Å²) in [7, 11) is 1.76. The Kier molecular flexibility index (Phi) is 8.11. The molecule has 38 heavy (non-hydrogen) atoms. The molecule has 2 aromatic heterocycles. The van der Waals surface area contributed by atoms with Crippen molar-refractivity contribution < 1.29 is 23.1 Å². The summed E-state index contributed by atoms with van der Waals surface area (Å²) in [5.41, 5.74) is 3.03. The fourth-order valence-electron chi connectivity index (χ4n) is 4.00. The highest BCUT2D eigenvalue weighted by Crippen LogP contribution is 2.28. The van der Waals surface area contributed by atoms with E-state index in [2.05, 4.69) is 31.1 Å².